The van der Waals surface area contributed by atoms with Crippen LogP contribution < -0.4 is 0 Å². The fourth-order valence-electron chi connectivity index (χ4n) is 2.21. The van der Waals surface area contributed by atoms with Crippen molar-refractivity contribution in [2.75, 3.05) is 0 Å². The van der Waals surface area contributed by atoms with E-state index in [1.807, 2.05) is 37.3 Å². The van der Waals surface area contributed by atoms with Crippen molar-refractivity contribution in [1.29, 1.82) is 0 Å². The Labute approximate surface area is 183 Å². The summed E-state index contributed by atoms with van der Waals surface area (Å²) in [5.41, 5.74) is 2.55. The van der Waals surface area contributed by atoms with Crippen molar-refractivity contribution >= 4 is 11.3 Å². The maximum atomic E-state index is 2.14. The van der Waals surface area contributed by atoms with Gasteiger partial charge in [0.25, 0.3) is 0 Å². The molecule has 0 radical (unpaired) electrons. The molecule has 156 valence electrons. The Balaban J connectivity index is 0.000000393. The Morgan fingerprint density at radius 3 is 1.17 bits per heavy atom. The molecule has 0 aliphatic heterocycles. The minimum absolute atomic E-state index is 1.14. The quantitative estimate of drug-likeness (QED) is 0.377. The molecule has 0 atom stereocenters. The van der Waals surface area contributed by atoms with Crippen LogP contribution in [-0.4, -0.2) is 0 Å². The summed E-state index contributed by atoms with van der Waals surface area (Å²) in [5.74, 6) is 0. The van der Waals surface area contributed by atoms with Crippen LogP contribution in [-0.2, 0) is 0 Å². The largest absolute Gasteiger partial charge is 0.146 e. The fraction of sp³-hybridized carbons (Fsp3) is 0.286. The van der Waals surface area contributed by atoms with Crippen molar-refractivity contribution in [3.8, 4) is 11.1 Å². The molecule has 1 heterocycles. The lowest BCUT2D eigenvalue weighted by Crippen LogP contribution is -1.73. The summed E-state index contributed by atoms with van der Waals surface area (Å²) in [7, 11) is 0. The molecule has 1 aliphatic carbocycles. The number of hydrogen-bond donors (Lipinski definition) is 0. The lowest BCUT2D eigenvalue weighted by Gasteiger charge is -1.98. The molecule has 0 amide bonds. The summed E-state index contributed by atoms with van der Waals surface area (Å²) >= 11 is 1.84. The first-order valence-electron chi connectivity index (χ1n) is 10.6. The van der Waals surface area contributed by atoms with Crippen molar-refractivity contribution in [3.63, 3.8) is 0 Å². The lowest BCUT2D eigenvalue weighted by atomic mass is 10.1. The van der Waals surface area contributed by atoms with Gasteiger partial charge in [0.05, 0.1) is 0 Å². The second-order valence-electron chi connectivity index (χ2n) is 6.19. The van der Waals surface area contributed by atoms with Crippen molar-refractivity contribution in [2.24, 2.45) is 0 Å². The van der Waals surface area contributed by atoms with E-state index in [1.54, 1.807) is 0 Å². The van der Waals surface area contributed by atoms with Crippen LogP contribution >= 0.6 is 11.3 Å². The van der Waals surface area contributed by atoms with Crippen LogP contribution in [0.3, 0.4) is 0 Å². The average molecular weight is 407 g/mol. The van der Waals surface area contributed by atoms with Gasteiger partial charge >= 0.3 is 0 Å². The monoisotopic (exact) mass is 406 g/mol. The van der Waals surface area contributed by atoms with E-state index in [4.69, 9.17) is 0 Å². The Hall–Kier alpha value is -2.38. The SMILES string of the molecule is C1=CCC=C1.CC.CCC.Cc1ccc(C)s1.c1ccc(-c2ccccc2)cc1. The van der Waals surface area contributed by atoms with Crippen molar-refractivity contribution in [1.82, 2.24) is 0 Å². The Morgan fingerprint density at radius 2 is 0.966 bits per heavy atom. The van der Waals surface area contributed by atoms with E-state index >= 15 is 0 Å². The standard InChI is InChI=1S/C12H10.C6H8S.C5H6.C3H8.C2H6/c1-3-7-11(8-4-1)12-9-5-2-6-10-12;1-5-3-4-6(2)7-5;1-2-4-5-3-1;1-3-2;1-2/h1-10H;3-4H,1-2H3;1-4H,5H2;3H2,1-2H3;1-2H3. The first-order valence-corrected chi connectivity index (χ1v) is 11.4. The van der Waals surface area contributed by atoms with Crippen LogP contribution in [0, 0.1) is 13.8 Å². The number of benzene rings is 2. The van der Waals surface area contributed by atoms with Crippen molar-refractivity contribution < 1.29 is 0 Å². The summed E-state index contributed by atoms with van der Waals surface area (Å²) in [6.07, 6.45) is 10.8. The third kappa shape index (κ3) is 14.3. The number of thiophene rings is 1. The van der Waals surface area contributed by atoms with E-state index in [2.05, 4.69) is 113 Å². The smallest absolute Gasteiger partial charge is 0.00170 e. The zero-order chi connectivity index (χ0) is 21.7. The molecule has 0 unspecified atom stereocenters. The normalized spacial score (nSPS) is 10.1. The second kappa shape index (κ2) is 19.0. The van der Waals surface area contributed by atoms with Crippen LogP contribution in [0.4, 0.5) is 0 Å². The molecule has 0 saturated heterocycles. The molecule has 0 spiro atoms. The van der Waals surface area contributed by atoms with E-state index in [0.29, 0.717) is 0 Å². The van der Waals surface area contributed by atoms with Gasteiger partial charge in [0, 0.05) is 9.75 Å². The maximum Gasteiger partial charge on any atom is 0.00170 e. The molecule has 1 aromatic heterocycles. The van der Waals surface area contributed by atoms with Gasteiger partial charge in [-0.15, -0.1) is 11.3 Å². The Bertz CT molecular complexity index is 700. The number of hydrogen-bond acceptors (Lipinski definition) is 1. The fourth-order valence-corrected chi connectivity index (χ4v) is 2.99. The van der Waals surface area contributed by atoms with Gasteiger partial charge < -0.3 is 0 Å². The van der Waals surface area contributed by atoms with E-state index in [9.17, 15) is 0 Å². The van der Waals surface area contributed by atoms with Gasteiger partial charge in [-0.3, -0.25) is 0 Å². The third-order valence-electron chi connectivity index (χ3n) is 3.41. The van der Waals surface area contributed by atoms with E-state index in [0.717, 1.165) is 6.42 Å². The van der Waals surface area contributed by atoms with Gasteiger partial charge in [0.2, 0.25) is 0 Å². The van der Waals surface area contributed by atoms with E-state index in [-0.39, 0.29) is 0 Å². The zero-order valence-corrected chi connectivity index (χ0v) is 19.9. The molecular formula is C28H38S. The molecule has 0 saturated carbocycles. The highest BCUT2D eigenvalue weighted by molar-refractivity contribution is 7.11. The molecule has 29 heavy (non-hydrogen) atoms. The van der Waals surface area contributed by atoms with Gasteiger partial charge in [-0.05, 0) is 43.5 Å². The summed E-state index contributed by atoms with van der Waals surface area (Å²) in [6.45, 7) is 12.5. The van der Waals surface area contributed by atoms with Crippen molar-refractivity contribution in [2.45, 2.75) is 54.4 Å². The molecule has 1 aliphatic rings. The first kappa shape index (κ1) is 26.6. The molecule has 0 N–H and O–H groups in total. The maximum absolute atomic E-state index is 2.14. The Morgan fingerprint density at radius 1 is 0.621 bits per heavy atom. The average Bonchev–Trinajstić information content (AvgIpc) is 3.47. The van der Waals surface area contributed by atoms with Crippen LogP contribution in [0.25, 0.3) is 11.1 Å². The minimum Gasteiger partial charge on any atom is -0.146 e. The van der Waals surface area contributed by atoms with Gasteiger partial charge in [-0.1, -0.05) is 119 Å². The van der Waals surface area contributed by atoms with Crippen molar-refractivity contribution in [3.05, 3.63) is 107 Å². The molecule has 0 bridgehead atoms. The zero-order valence-electron chi connectivity index (χ0n) is 19.1. The first-order chi connectivity index (χ1) is 14.2. The highest BCUT2D eigenvalue weighted by atomic mass is 32.1. The molecule has 0 fully saturated rings. The Kier molecular flexibility index (Phi) is 17.4. The number of aryl methyl sites for hydroxylation is 2. The molecule has 2 aromatic carbocycles. The summed E-state index contributed by atoms with van der Waals surface area (Å²) in [5, 5.41) is 0. The summed E-state index contributed by atoms with van der Waals surface area (Å²) < 4.78 is 0. The molecule has 1 heteroatoms. The molecule has 0 nitrogen and oxygen atoms in total. The van der Waals surface area contributed by atoms with Crippen LogP contribution in [0.2, 0.25) is 0 Å². The van der Waals surface area contributed by atoms with Gasteiger partial charge in [0.15, 0.2) is 0 Å². The third-order valence-corrected chi connectivity index (χ3v) is 4.33. The highest BCUT2D eigenvalue weighted by Gasteiger charge is 1.91. The van der Waals surface area contributed by atoms with Crippen LogP contribution in [0.1, 0.15) is 50.3 Å². The number of allylic oxidation sites excluding steroid dienone is 4. The molecular weight excluding hydrogens is 368 g/mol. The van der Waals surface area contributed by atoms with E-state index < -0.39 is 0 Å². The summed E-state index contributed by atoms with van der Waals surface area (Å²) in [4.78, 5) is 2.80. The van der Waals surface area contributed by atoms with Gasteiger partial charge in [0.1, 0.15) is 0 Å². The number of rotatable bonds is 1. The predicted molar refractivity (Wildman–Crippen MR) is 136 cm³/mol. The lowest BCUT2D eigenvalue weighted by molar-refractivity contribution is 1.09. The molecule has 4 rings (SSSR count). The molecule has 3 aromatic rings. The topological polar surface area (TPSA) is 0 Å². The highest BCUT2D eigenvalue weighted by Crippen LogP contribution is 2.17. The van der Waals surface area contributed by atoms with Crippen LogP contribution in [0.15, 0.2) is 97.1 Å². The minimum atomic E-state index is 1.14. The predicted octanol–water partition coefficient (Wildman–Crippen LogP) is 9.66. The second-order valence-corrected chi connectivity index (χ2v) is 7.68. The van der Waals surface area contributed by atoms with Gasteiger partial charge in [-0.25, -0.2) is 0 Å². The van der Waals surface area contributed by atoms with E-state index in [1.165, 1.54) is 27.3 Å². The van der Waals surface area contributed by atoms with Gasteiger partial charge in [-0.2, -0.15) is 0 Å². The summed E-state index contributed by atoms with van der Waals surface area (Å²) in [6, 6.07) is 25.1. The van der Waals surface area contributed by atoms with Crippen LogP contribution in [0.5, 0.6) is 0 Å².